The average molecular weight is 287 g/mol. The molecule has 1 atom stereocenters. The number of aliphatic hydroxyl groups excluding tert-OH is 1. The van der Waals surface area contributed by atoms with Crippen molar-refractivity contribution in [3.63, 3.8) is 0 Å². The number of benzene rings is 1. The lowest BCUT2D eigenvalue weighted by molar-refractivity contribution is 0.0134. The van der Waals surface area contributed by atoms with Gasteiger partial charge in [0, 0.05) is 25.5 Å². The van der Waals surface area contributed by atoms with Crippen molar-refractivity contribution >= 4 is 0 Å². The first-order valence-electron chi connectivity index (χ1n) is 6.58. The molecule has 1 aliphatic heterocycles. The fraction of sp³-hybridized carbons (Fsp3) is 0.571. The minimum Gasteiger partial charge on any atom is -0.490 e. The minimum atomic E-state index is -3.06. The molecular weight excluding hydrogens is 268 g/mol. The second-order valence-corrected chi connectivity index (χ2v) is 4.90. The number of halogens is 2. The summed E-state index contributed by atoms with van der Waals surface area (Å²) in [6.45, 7) is 1.89. The van der Waals surface area contributed by atoms with Gasteiger partial charge in [0.05, 0.1) is 19.3 Å². The van der Waals surface area contributed by atoms with Crippen molar-refractivity contribution in [3.05, 3.63) is 23.3 Å². The highest BCUT2D eigenvalue weighted by molar-refractivity contribution is 5.50. The molecule has 1 aromatic carbocycles. The van der Waals surface area contributed by atoms with Gasteiger partial charge in [0.2, 0.25) is 0 Å². The molecule has 0 spiro atoms. The predicted octanol–water partition coefficient (Wildman–Crippen LogP) is 2.21. The van der Waals surface area contributed by atoms with Crippen molar-refractivity contribution < 1.29 is 23.4 Å². The van der Waals surface area contributed by atoms with E-state index in [1.165, 1.54) is 12.1 Å². The highest BCUT2D eigenvalue weighted by Crippen LogP contribution is 2.41. The van der Waals surface area contributed by atoms with Crippen LogP contribution in [0.2, 0.25) is 0 Å². The van der Waals surface area contributed by atoms with E-state index in [2.05, 4.69) is 5.32 Å². The Kier molecular flexibility index (Phi) is 4.45. The molecule has 0 radical (unpaired) electrons. The van der Waals surface area contributed by atoms with Crippen LogP contribution >= 0.6 is 0 Å². The maximum absolute atomic E-state index is 13.8. The topological polar surface area (TPSA) is 50.7 Å². The van der Waals surface area contributed by atoms with Crippen molar-refractivity contribution in [2.24, 2.45) is 0 Å². The third kappa shape index (κ3) is 3.19. The molecule has 1 unspecified atom stereocenters. The van der Waals surface area contributed by atoms with E-state index in [1.807, 2.05) is 0 Å². The molecular formula is C14H19F2NO3. The number of nitrogens with one attached hydrogen (secondary N) is 1. The summed E-state index contributed by atoms with van der Waals surface area (Å²) in [4.78, 5) is 0. The maximum Gasteiger partial charge on any atom is 0.271 e. The zero-order valence-electron chi connectivity index (χ0n) is 11.6. The van der Waals surface area contributed by atoms with Gasteiger partial charge in [-0.1, -0.05) is 0 Å². The molecule has 0 saturated heterocycles. The first kappa shape index (κ1) is 15.0. The first-order valence-corrected chi connectivity index (χ1v) is 6.58. The molecule has 1 heterocycles. The molecule has 4 nitrogen and oxygen atoms in total. The molecule has 2 rings (SSSR count). The average Bonchev–Trinajstić information content (AvgIpc) is 2.60. The molecule has 1 aromatic rings. The summed E-state index contributed by atoms with van der Waals surface area (Å²) in [7, 11) is 1.65. The summed E-state index contributed by atoms with van der Waals surface area (Å²) < 4.78 is 38.4. The fourth-order valence-corrected chi connectivity index (χ4v) is 2.18. The first-order chi connectivity index (χ1) is 9.43. The van der Waals surface area contributed by atoms with Gasteiger partial charge >= 0.3 is 0 Å². The van der Waals surface area contributed by atoms with Crippen LogP contribution in [0, 0.1) is 0 Å². The Morgan fingerprint density at radius 2 is 1.90 bits per heavy atom. The van der Waals surface area contributed by atoms with E-state index < -0.39 is 12.0 Å². The van der Waals surface area contributed by atoms with Crippen molar-refractivity contribution in [3.8, 4) is 11.5 Å². The van der Waals surface area contributed by atoms with Crippen LogP contribution in [0.15, 0.2) is 12.1 Å². The molecule has 2 N–H and O–H groups in total. The van der Waals surface area contributed by atoms with Crippen molar-refractivity contribution in [1.29, 1.82) is 0 Å². The molecule has 112 valence electrons. The van der Waals surface area contributed by atoms with Gasteiger partial charge in [-0.05, 0) is 24.7 Å². The second kappa shape index (κ2) is 5.93. The van der Waals surface area contributed by atoms with Gasteiger partial charge in [0.25, 0.3) is 5.92 Å². The lowest BCUT2D eigenvalue weighted by Crippen LogP contribution is -2.21. The Morgan fingerprint density at radius 1 is 1.30 bits per heavy atom. The van der Waals surface area contributed by atoms with Crippen LogP contribution in [0.4, 0.5) is 8.78 Å². The molecule has 0 fully saturated rings. The Hall–Kier alpha value is -1.40. The molecule has 0 aromatic heterocycles. The number of hydrogen-bond acceptors (Lipinski definition) is 4. The minimum absolute atomic E-state index is 0.163. The van der Waals surface area contributed by atoms with E-state index in [0.29, 0.717) is 31.1 Å². The Labute approximate surface area is 116 Å². The van der Waals surface area contributed by atoms with Gasteiger partial charge in [-0.15, -0.1) is 0 Å². The largest absolute Gasteiger partial charge is 0.490 e. The van der Waals surface area contributed by atoms with E-state index in [9.17, 15) is 13.9 Å². The molecule has 6 heteroatoms. The zero-order chi connectivity index (χ0) is 14.8. The Balaban J connectivity index is 2.49. The number of rotatable bonds is 4. The van der Waals surface area contributed by atoms with E-state index in [-0.39, 0.29) is 17.7 Å². The van der Waals surface area contributed by atoms with Gasteiger partial charge in [-0.3, -0.25) is 0 Å². The van der Waals surface area contributed by atoms with Crippen LogP contribution in [0.5, 0.6) is 11.5 Å². The monoisotopic (exact) mass is 287 g/mol. The van der Waals surface area contributed by atoms with E-state index in [4.69, 9.17) is 9.47 Å². The van der Waals surface area contributed by atoms with Crippen molar-refractivity contribution in [1.82, 2.24) is 5.32 Å². The summed E-state index contributed by atoms with van der Waals surface area (Å²) in [6.07, 6.45) is -0.334. The number of hydrogen-bond donors (Lipinski definition) is 2. The van der Waals surface area contributed by atoms with Crippen LogP contribution in [-0.4, -0.2) is 31.9 Å². The Morgan fingerprint density at radius 3 is 2.45 bits per heavy atom. The quantitative estimate of drug-likeness (QED) is 0.891. The van der Waals surface area contributed by atoms with E-state index >= 15 is 0 Å². The Bertz CT molecular complexity index is 474. The van der Waals surface area contributed by atoms with Crippen LogP contribution in [0.3, 0.4) is 0 Å². The van der Waals surface area contributed by atoms with Gasteiger partial charge in [0.1, 0.15) is 0 Å². The number of ether oxygens (including phenoxy) is 2. The summed E-state index contributed by atoms with van der Waals surface area (Å²) in [5.74, 6) is -2.35. The molecule has 1 aliphatic rings. The van der Waals surface area contributed by atoms with Crippen LogP contribution in [-0.2, 0) is 5.92 Å². The molecule has 0 saturated carbocycles. The van der Waals surface area contributed by atoms with Gasteiger partial charge in [-0.25, -0.2) is 8.78 Å². The van der Waals surface area contributed by atoms with E-state index in [1.54, 1.807) is 7.05 Å². The normalized spacial score (nSPS) is 16.6. The summed E-state index contributed by atoms with van der Waals surface area (Å²) in [5.41, 5.74) is -0.0689. The lowest BCUT2D eigenvalue weighted by Gasteiger charge is -2.22. The van der Waals surface area contributed by atoms with E-state index in [0.717, 1.165) is 6.92 Å². The third-order valence-corrected chi connectivity index (χ3v) is 3.15. The number of aliphatic hydroxyl groups is 1. The third-order valence-electron chi connectivity index (χ3n) is 3.15. The highest BCUT2D eigenvalue weighted by Gasteiger charge is 2.32. The lowest BCUT2D eigenvalue weighted by atomic mass is 9.97. The van der Waals surface area contributed by atoms with Gasteiger partial charge in [0.15, 0.2) is 11.5 Å². The van der Waals surface area contributed by atoms with Crippen LogP contribution in [0.1, 0.15) is 30.6 Å². The molecule has 20 heavy (non-hydrogen) atoms. The van der Waals surface area contributed by atoms with Crippen LogP contribution < -0.4 is 14.8 Å². The maximum atomic E-state index is 13.8. The highest BCUT2D eigenvalue weighted by atomic mass is 19.3. The van der Waals surface area contributed by atoms with Crippen molar-refractivity contribution in [2.75, 3.05) is 26.8 Å². The summed E-state index contributed by atoms with van der Waals surface area (Å²) in [5, 5.41) is 12.8. The number of alkyl halides is 2. The number of fused-ring (bicyclic) bond motifs is 1. The predicted molar refractivity (Wildman–Crippen MR) is 70.5 cm³/mol. The molecule has 0 bridgehead atoms. The fourth-order valence-electron chi connectivity index (χ4n) is 2.18. The van der Waals surface area contributed by atoms with Crippen molar-refractivity contribution in [2.45, 2.75) is 25.4 Å². The van der Waals surface area contributed by atoms with Crippen LogP contribution in [0.25, 0.3) is 0 Å². The SMILES string of the molecule is CNCC(O)c1cc2c(cc1C(C)(F)F)OCCCO2. The smallest absolute Gasteiger partial charge is 0.271 e. The summed E-state index contributed by atoms with van der Waals surface area (Å²) >= 11 is 0. The standard InChI is InChI=1S/C14H19F2NO3/c1-14(15,16)10-7-13-12(19-4-3-5-20-13)6-9(10)11(18)8-17-2/h6-7,11,17-18H,3-5,8H2,1-2H3. The summed E-state index contributed by atoms with van der Waals surface area (Å²) in [6, 6.07) is 2.73. The molecule has 0 aliphatic carbocycles. The van der Waals surface area contributed by atoms with Gasteiger partial charge < -0.3 is 19.9 Å². The molecule has 0 amide bonds. The van der Waals surface area contributed by atoms with Gasteiger partial charge in [-0.2, -0.15) is 0 Å². The second-order valence-electron chi connectivity index (χ2n) is 4.90. The number of likely N-dealkylation sites (N-methyl/N-ethyl adjacent to an activating group) is 1. The zero-order valence-corrected chi connectivity index (χ0v) is 11.6.